The Bertz CT molecular complexity index is 1010. The highest BCUT2D eigenvalue weighted by Crippen LogP contribution is 2.20. The summed E-state index contributed by atoms with van der Waals surface area (Å²) in [6.07, 6.45) is 3.48. The van der Waals surface area contributed by atoms with Gasteiger partial charge in [-0.1, -0.05) is 31.5 Å². The summed E-state index contributed by atoms with van der Waals surface area (Å²) in [6.45, 7) is 7.71. The number of nitrogens with zero attached hydrogens (tertiary/aromatic N) is 3. The second-order valence-electron chi connectivity index (χ2n) is 8.51. The number of nitrogens with one attached hydrogen (secondary N) is 2. The van der Waals surface area contributed by atoms with Crippen LogP contribution >= 0.6 is 0 Å². The van der Waals surface area contributed by atoms with Crippen LogP contribution < -0.4 is 15.1 Å². The summed E-state index contributed by atoms with van der Waals surface area (Å²) in [5.74, 6) is 1.19. The number of hydrogen-bond acceptors (Lipinski definition) is 3. The summed E-state index contributed by atoms with van der Waals surface area (Å²) in [4.78, 5) is 21.0. The minimum absolute atomic E-state index is 0.0793. The smallest absolute Gasteiger partial charge is 0.224 e. The molecule has 2 heterocycles. The molecule has 1 saturated heterocycles. The monoisotopic (exact) mass is 420 g/mol. The lowest BCUT2D eigenvalue weighted by atomic mass is 10.2. The molecule has 1 aliphatic rings. The number of hydrogen-bond donors (Lipinski definition) is 2. The van der Waals surface area contributed by atoms with Gasteiger partial charge in [-0.05, 0) is 36.8 Å². The second kappa shape index (κ2) is 9.96. The third-order valence-corrected chi connectivity index (χ3v) is 6.31. The van der Waals surface area contributed by atoms with Crippen LogP contribution in [0.4, 0.5) is 11.4 Å². The van der Waals surface area contributed by atoms with Crippen LogP contribution in [0, 0.1) is 0 Å². The predicted octanol–water partition coefficient (Wildman–Crippen LogP) is 2.65. The molecule has 164 valence electrons. The van der Waals surface area contributed by atoms with E-state index in [1.54, 1.807) is 4.90 Å². The fourth-order valence-corrected chi connectivity index (χ4v) is 4.37. The molecule has 0 aliphatic carbocycles. The maximum absolute atomic E-state index is 12.0. The van der Waals surface area contributed by atoms with Gasteiger partial charge in [-0.15, -0.1) is 0 Å². The van der Waals surface area contributed by atoms with Crippen molar-refractivity contribution in [3.05, 3.63) is 54.4 Å². The van der Waals surface area contributed by atoms with E-state index in [1.165, 1.54) is 5.69 Å². The molecule has 31 heavy (non-hydrogen) atoms. The minimum atomic E-state index is 0.0793. The lowest BCUT2D eigenvalue weighted by Crippen LogP contribution is -3.15. The van der Waals surface area contributed by atoms with E-state index in [-0.39, 0.29) is 5.91 Å². The molecule has 0 radical (unpaired) electrons. The standard InChI is InChI=1S/C25H33N5O/c1-3-4-10-25(31)26-20-11-12-23-22(19-20)27-24(28(23)2)13-14-29-15-17-30(18-16-29)21-8-6-5-7-9-21/h5-9,11-12,19H,3-4,10,13-18H2,1-2H3,(H,26,31)/p+1. The zero-order valence-electron chi connectivity index (χ0n) is 18.7. The quantitative estimate of drug-likeness (QED) is 0.589. The lowest BCUT2D eigenvalue weighted by Gasteiger charge is -2.33. The van der Waals surface area contributed by atoms with Crippen molar-refractivity contribution in [3.8, 4) is 0 Å². The van der Waals surface area contributed by atoms with Crippen LogP contribution in [0.3, 0.4) is 0 Å². The van der Waals surface area contributed by atoms with Crippen molar-refractivity contribution >= 4 is 28.3 Å². The van der Waals surface area contributed by atoms with Crippen molar-refractivity contribution in [1.29, 1.82) is 0 Å². The van der Waals surface area contributed by atoms with Crippen molar-refractivity contribution in [2.45, 2.75) is 32.6 Å². The molecule has 0 spiro atoms. The predicted molar refractivity (Wildman–Crippen MR) is 127 cm³/mol. The fraction of sp³-hybridized carbons (Fsp3) is 0.440. The van der Waals surface area contributed by atoms with Gasteiger partial charge in [0.2, 0.25) is 5.91 Å². The van der Waals surface area contributed by atoms with E-state index in [2.05, 4.69) is 65.2 Å². The van der Waals surface area contributed by atoms with Gasteiger partial charge in [0.05, 0.1) is 50.2 Å². The molecule has 0 unspecified atom stereocenters. The first kappa shape index (κ1) is 21.4. The number of aromatic nitrogens is 2. The van der Waals surface area contributed by atoms with Gasteiger partial charge in [0.15, 0.2) is 0 Å². The molecule has 0 saturated carbocycles. The van der Waals surface area contributed by atoms with Crippen molar-refractivity contribution in [2.24, 2.45) is 7.05 Å². The highest BCUT2D eigenvalue weighted by Gasteiger charge is 2.20. The molecular formula is C25H34N5O+. The summed E-state index contributed by atoms with van der Waals surface area (Å²) in [5.41, 5.74) is 4.23. The van der Waals surface area contributed by atoms with Gasteiger partial charge in [-0.25, -0.2) is 4.98 Å². The molecule has 3 aromatic rings. The Morgan fingerprint density at radius 1 is 1.13 bits per heavy atom. The number of quaternary nitrogens is 1. The number of aryl methyl sites for hydroxylation is 1. The zero-order chi connectivity index (χ0) is 21.6. The number of rotatable bonds is 8. The van der Waals surface area contributed by atoms with Crippen molar-refractivity contribution in [2.75, 3.05) is 42.9 Å². The first-order valence-corrected chi connectivity index (χ1v) is 11.5. The van der Waals surface area contributed by atoms with Gasteiger partial charge in [0, 0.05) is 24.8 Å². The Morgan fingerprint density at radius 2 is 1.90 bits per heavy atom. The van der Waals surface area contributed by atoms with E-state index in [0.717, 1.165) is 74.5 Å². The van der Waals surface area contributed by atoms with Crippen LogP contribution in [0.25, 0.3) is 11.0 Å². The highest BCUT2D eigenvalue weighted by molar-refractivity contribution is 5.93. The van der Waals surface area contributed by atoms with E-state index in [9.17, 15) is 4.79 Å². The average Bonchev–Trinajstić information content (AvgIpc) is 3.12. The molecule has 1 aliphatic heterocycles. The largest absolute Gasteiger partial charge is 0.360 e. The van der Waals surface area contributed by atoms with Gasteiger partial charge in [0.1, 0.15) is 5.82 Å². The number of unbranched alkanes of at least 4 members (excludes halogenated alkanes) is 1. The summed E-state index contributed by atoms with van der Waals surface area (Å²) in [7, 11) is 2.09. The molecule has 1 amide bonds. The van der Waals surface area contributed by atoms with E-state index in [4.69, 9.17) is 4.98 Å². The molecule has 2 aromatic carbocycles. The minimum Gasteiger partial charge on any atom is -0.360 e. The van der Waals surface area contributed by atoms with Gasteiger partial charge in [-0.2, -0.15) is 0 Å². The van der Waals surface area contributed by atoms with Crippen LogP contribution in [-0.2, 0) is 18.3 Å². The normalized spacial score (nSPS) is 14.8. The van der Waals surface area contributed by atoms with Crippen LogP contribution in [0.2, 0.25) is 0 Å². The van der Waals surface area contributed by atoms with Crippen molar-refractivity contribution < 1.29 is 9.69 Å². The summed E-state index contributed by atoms with van der Waals surface area (Å²) < 4.78 is 2.19. The average molecular weight is 421 g/mol. The summed E-state index contributed by atoms with van der Waals surface area (Å²) in [6, 6.07) is 16.7. The number of imidazole rings is 1. The van der Waals surface area contributed by atoms with Crippen molar-refractivity contribution in [1.82, 2.24) is 9.55 Å². The van der Waals surface area contributed by atoms with E-state index >= 15 is 0 Å². The number of carbonyl (C=O) groups excluding carboxylic acids is 1. The van der Waals surface area contributed by atoms with Gasteiger partial charge in [-0.3, -0.25) is 4.79 Å². The van der Waals surface area contributed by atoms with Gasteiger partial charge < -0.3 is 19.7 Å². The molecule has 1 aromatic heterocycles. The topological polar surface area (TPSA) is 54.6 Å². The zero-order valence-corrected chi connectivity index (χ0v) is 18.7. The number of anilines is 2. The third-order valence-electron chi connectivity index (χ3n) is 6.31. The number of fused-ring (bicyclic) bond motifs is 1. The Morgan fingerprint density at radius 3 is 2.65 bits per heavy atom. The SMILES string of the molecule is CCCCC(=O)Nc1ccc2c(c1)nc(CC[NH+]1CCN(c3ccccc3)CC1)n2C. The van der Waals surface area contributed by atoms with Gasteiger partial charge in [0.25, 0.3) is 0 Å². The Balaban J connectivity index is 1.33. The van der Waals surface area contributed by atoms with Crippen LogP contribution in [0.5, 0.6) is 0 Å². The number of carbonyl (C=O) groups is 1. The number of amides is 1. The van der Waals surface area contributed by atoms with Crippen molar-refractivity contribution in [3.63, 3.8) is 0 Å². The van der Waals surface area contributed by atoms with Crippen LogP contribution in [0.1, 0.15) is 32.0 Å². The van der Waals surface area contributed by atoms with E-state index in [0.29, 0.717) is 6.42 Å². The Hall–Kier alpha value is -2.86. The molecule has 6 heteroatoms. The maximum Gasteiger partial charge on any atom is 0.224 e. The maximum atomic E-state index is 12.0. The molecule has 6 nitrogen and oxygen atoms in total. The number of piperazine rings is 1. The van der Waals surface area contributed by atoms with E-state index in [1.807, 2.05) is 12.1 Å². The molecular weight excluding hydrogens is 386 g/mol. The Kier molecular flexibility index (Phi) is 6.87. The highest BCUT2D eigenvalue weighted by atomic mass is 16.1. The summed E-state index contributed by atoms with van der Waals surface area (Å²) in [5, 5.41) is 3.00. The number of benzene rings is 2. The summed E-state index contributed by atoms with van der Waals surface area (Å²) >= 11 is 0. The Labute approximate surface area is 184 Å². The van der Waals surface area contributed by atoms with E-state index < -0.39 is 0 Å². The van der Waals surface area contributed by atoms with Crippen LogP contribution in [-0.4, -0.2) is 48.2 Å². The number of para-hydroxylation sites is 1. The fourth-order valence-electron chi connectivity index (χ4n) is 4.37. The molecule has 2 N–H and O–H groups in total. The molecule has 0 atom stereocenters. The molecule has 0 bridgehead atoms. The van der Waals surface area contributed by atoms with Gasteiger partial charge >= 0.3 is 0 Å². The molecule has 4 rings (SSSR count). The third kappa shape index (κ3) is 5.25. The lowest BCUT2D eigenvalue weighted by molar-refractivity contribution is -0.900. The second-order valence-corrected chi connectivity index (χ2v) is 8.51. The first-order chi connectivity index (χ1) is 15.1. The van der Waals surface area contributed by atoms with Crippen LogP contribution in [0.15, 0.2) is 48.5 Å². The first-order valence-electron chi connectivity index (χ1n) is 11.5. The molecule has 1 fully saturated rings.